The first-order valence-corrected chi connectivity index (χ1v) is 7.91. The number of halogens is 1. The van der Waals surface area contributed by atoms with Gasteiger partial charge in [0.2, 0.25) is 0 Å². The number of carbonyl (C=O) groups is 1. The van der Waals surface area contributed by atoms with E-state index < -0.39 is 0 Å². The minimum atomic E-state index is -0.359. The van der Waals surface area contributed by atoms with E-state index in [0.717, 1.165) is 19.4 Å². The highest BCUT2D eigenvalue weighted by molar-refractivity contribution is 5.94. The molecule has 23 heavy (non-hydrogen) atoms. The summed E-state index contributed by atoms with van der Waals surface area (Å²) < 4.78 is 14.4. The van der Waals surface area contributed by atoms with E-state index in [0.29, 0.717) is 23.2 Å². The molecule has 5 heteroatoms. The standard InChI is InChI=1S/C18H17FN2O2/c19-14-3-6-15(7-4-14)20-11-13(2-8-17(20)22)18(23)21-10-12-1-5-16(21)9-12/h2-4,6-8,11-12,16H,1,5,9-10H2. The van der Waals surface area contributed by atoms with Crippen LogP contribution in [0.3, 0.4) is 0 Å². The Morgan fingerprint density at radius 3 is 2.52 bits per heavy atom. The van der Waals surface area contributed by atoms with Crippen molar-refractivity contribution >= 4 is 5.91 Å². The highest BCUT2D eigenvalue weighted by Crippen LogP contribution is 2.38. The van der Waals surface area contributed by atoms with Crippen molar-refractivity contribution in [2.24, 2.45) is 5.92 Å². The lowest BCUT2D eigenvalue weighted by Gasteiger charge is -2.27. The number of pyridine rings is 1. The Hall–Kier alpha value is -2.43. The Bertz CT molecular complexity index is 813. The predicted molar refractivity (Wildman–Crippen MR) is 84.2 cm³/mol. The number of fused-ring (bicyclic) bond motifs is 2. The van der Waals surface area contributed by atoms with Crippen molar-refractivity contribution in [2.45, 2.75) is 25.3 Å². The largest absolute Gasteiger partial charge is 0.335 e. The monoisotopic (exact) mass is 312 g/mol. The van der Waals surface area contributed by atoms with E-state index >= 15 is 0 Å². The van der Waals surface area contributed by atoms with Gasteiger partial charge in [-0.15, -0.1) is 0 Å². The van der Waals surface area contributed by atoms with Gasteiger partial charge in [0.05, 0.1) is 5.56 Å². The number of likely N-dealkylation sites (tertiary alicyclic amines) is 1. The molecule has 1 amide bonds. The van der Waals surface area contributed by atoms with Crippen molar-refractivity contribution < 1.29 is 9.18 Å². The number of hydrogen-bond donors (Lipinski definition) is 0. The van der Waals surface area contributed by atoms with Gasteiger partial charge in [-0.2, -0.15) is 0 Å². The first-order valence-electron chi connectivity index (χ1n) is 7.91. The summed E-state index contributed by atoms with van der Waals surface area (Å²) in [5.41, 5.74) is 0.812. The van der Waals surface area contributed by atoms with E-state index in [9.17, 15) is 14.0 Å². The van der Waals surface area contributed by atoms with Gasteiger partial charge in [-0.05, 0) is 55.5 Å². The Kier molecular flexibility index (Phi) is 3.29. The van der Waals surface area contributed by atoms with Crippen LogP contribution in [0.2, 0.25) is 0 Å². The van der Waals surface area contributed by atoms with Gasteiger partial charge in [-0.25, -0.2) is 4.39 Å². The molecule has 2 atom stereocenters. The zero-order valence-corrected chi connectivity index (χ0v) is 12.6. The minimum Gasteiger partial charge on any atom is -0.335 e. The number of carbonyl (C=O) groups excluding carboxylic acids is 1. The van der Waals surface area contributed by atoms with E-state index in [1.54, 1.807) is 12.3 Å². The van der Waals surface area contributed by atoms with Crippen molar-refractivity contribution in [3.63, 3.8) is 0 Å². The fraction of sp³-hybridized carbons (Fsp3) is 0.333. The molecule has 2 aliphatic rings. The predicted octanol–water partition coefficient (Wildman–Crippen LogP) is 2.60. The summed E-state index contributed by atoms with van der Waals surface area (Å²) in [7, 11) is 0. The zero-order chi connectivity index (χ0) is 16.0. The van der Waals surface area contributed by atoms with Crippen molar-refractivity contribution in [2.75, 3.05) is 6.54 Å². The van der Waals surface area contributed by atoms with Gasteiger partial charge in [0, 0.05) is 30.5 Å². The second kappa shape index (κ2) is 5.33. The van der Waals surface area contributed by atoms with Gasteiger partial charge < -0.3 is 4.90 Å². The summed E-state index contributed by atoms with van der Waals surface area (Å²) in [5.74, 6) is 0.252. The summed E-state index contributed by atoms with van der Waals surface area (Å²) in [6.07, 6.45) is 4.95. The van der Waals surface area contributed by atoms with Crippen LogP contribution in [0, 0.1) is 11.7 Å². The fourth-order valence-electron chi connectivity index (χ4n) is 3.76. The second-order valence-corrected chi connectivity index (χ2v) is 6.39. The molecule has 4 nitrogen and oxygen atoms in total. The third-order valence-electron chi connectivity index (χ3n) is 4.93. The summed E-state index contributed by atoms with van der Waals surface area (Å²) in [4.78, 5) is 26.7. The van der Waals surface area contributed by atoms with Crippen LogP contribution >= 0.6 is 0 Å². The molecule has 1 aromatic heterocycles. The van der Waals surface area contributed by atoms with Crippen LogP contribution in [0.25, 0.3) is 5.69 Å². The molecule has 2 fully saturated rings. The van der Waals surface area contributed by atoms with Gasteiger partial charge in [-0.3, -0.25) is 14.2 Å². The first-order chi connectivity index (χ1) is 11.1. The molecule has 0 spiro atoms. The lowest BCUT2D eigenvalue weighted by molar-refractivity contribution is 0.0703. The number of benzene rings is 1. The topological polar surface area (TPSA) is 42.3 Å². The lowest BCUT2D eigenvalue weighted by Crippen LogP contribution is -2.38. The number of nitrogens with zero attached hydrogens (tertiary/aromatic N) is 2. The van der Waals surface area contributed by atoms with Gasteiger partial charge in [0.15, 0.2) is 0 Å². The van der Waals surface area contributed by atoms with Crippen LogP contribution in [-0.2, 0) is 0 Å². The maximum Gasteiger partial charge on any atom is 0.255 e. The average molecular weight is 312 g/mol. The van der Waals surface area contributed by atoms with Crippen molar-refractivity contribution in [3.05, 3.63) is 64.3 Å². The average Bonchev–Trinajstić information content (AvgIpc) is 3.19. The summed E-state index contributed by atoms with van der Waals surface area (Å²) in [5, 5.41) is 0. The van der Waals surface area contributed by atoms with Crippen LogP contribution in [0.1, 0.15) is 29.6 Å². The Morgan fingerprint density at radius 1 is 1.09 bits per heavy atom. The molecule has 1 saturated carbocycles. The molecule has 1 aromatic carbocycles. The number of amides is 1. The number of hydrogen-bond acceptors (Lipinski definition) is 2. The zero-order valence-electron chi connectivity index (χ0n) is 12.6. The van der Waals surface area contributed by atoms with Crippen molar-refractivity contribution in [3.8, 4) is 5.69 Å². The molecule has 0 N–H and O–H groups in total. The number of piperidine rings is 1. The van der Waals surface area contributed by atoms with E-state index in [-0.39, 0.29) is 17.3 Å². The second-order valence-electron chi connectivity index (χ2n) is 6.39. The number of rotatable bonds is 2. The van der Waals surface area contributed by atoms with E-state index in [1.807, 2.05) is 4.90 Å². The van der Waals surface area contributed by atoms with Crippen LogP contribution in [0.5, 0.6) is 0 Å². The van der Waals surface area contributed by atoms with E-state index in [2.05, 4.69) is 0 Å². The fourth-order valence-corrected chi connectivity index (χ4v) is 3.76. The quantitative estimate of drug-likeness (QED) is 0.855. The maximum absolute atomic E-state index is 13.1. The minimum absolute atomic E-state index is 0.0203. The molecule has 118 valence electrons. The Morgan fingerprint density at radius 2 is 1.87 bits per heavy atom. The highest BCUT2D eigenvalue weighted by Gasteiger charge is 2.40. The molecule has 0 radical (unpaired) electrons. The van der Waals surface area contributed by atoms with Gasteiger partial charge in [0.25, 0.3) is 11.5 Å². The van der Waals surface area contributed by atoms with Gasteiger partial charge in [-0.1, -0.05) is 0 Å². The third kappa shape index (κ3) is 2.46. The SMILES string of the molecule is O=C(c1ccc(=O)n(-c2ccc(F)cc2)c1)N1CC2CCC1C2. The van der Waals surface area contributed by atoms with Crippen LogP contribution in [0.15, 0.2) is 47.4 Å². The molecular weight excluding hydrogens is 295 g/mol. The normalized spacial score (nSPS) is 22.6. The van der Waals surface area contributed by atoms with Crippen LogP contribution in [0.4, 0.5) is 4.39 Å². The van der Waals surface area contributed by atoms with E-state index in [4.69, 9.17) is 0 Å². The molecular formula is C18H17FN2O2. The first kappa shape index (κ1) is 14.2. The highest BCUT2D eigenvalue weighted by atomic mass is 19.1. The van der Waals surface area contributed by atoms with E-state index in [1.165, 1.54) is 41.3 Å². The van der Waals surface area contributed by atoms with Gasteiger partial charge in [0.1, 0.15) is 5.82 Å². The lowest BCUT2D eigenvalue weighted by atomic mass is 10.1. The molecule has 1 aliphatic carbocycles. The summed E-state index contributed by atoms with van der Waals surface area (Å²) in [6.45, 7) is 0.819. The molecule has 4 rings (SSSR count). The van der Waals surface area contributed by atoms with Crippen molar-refractivity contribution in [1.82, 2.24) is 9.47 Å². The Balaban J connectivity index is 1.68. The van der Waals surface area contributed by atoms with Crippen molar-refractivity contribution in [1.29, 1.82) is 0 Å². The molecule has 2 heterocycles. The van der Waals surface area contributed by atoms with Gasteiger partial charge >= 0.3 is 0 Å². The molecule has 2 bridgehead atoms. The molecule has 1 saturated heterocycles. The van der Waals surface area contributed by atoms with Crippen LogP contribution < -0.4 is 5.56 Å². The smallest absolute Gasteiger partial charge is 0.255 e. The third-order valence-corrected chi connectivity index (χ3v) is 4.93. The summed E-state index contributed by atoms with van der Waals surface area (Å²) in [6, 6.07) is 8.98. The molecule has 1 aliphatic heterocycles. The number of aromatic nitrogens is 1. The molecule has 2 unspecified atom stereocenters. The summed E-state index contributed by atoms with van der Waals surface area (Å²) >= 11 is 0. The maximum atomic E-state index is 13.1. The van der Waals surface area contributed by atoms with Crippen LogP contribution in [-0.4, -0.2) is 28.0 Å². The molecule has 2 aromatic rings. The Labute approximate surface area is 133 Å².